The molecule has 0 N–H and O–H groups in total. The lowest BCUT2D eigenvalue weighted by Gasteiger charge is -2.46. The van der Waals surface area contributed by atoms with Gasteiger partial charge in [0.1, 0.15) is 23.0 Å². The van der Waals surface area contributed by atoms with E-state index in [9.17, 15) is 0 Å². The molecule has 0 saturated heterocycles. The van der Waals surface area contributed by atoms with Crippen LogP contribution in [-0.2, 0) is 0 Å². The fourth-order valence-corrected chi connectivity index (χ4v) is 13.9. The predicted molar refractivity (Wildman–Crippen MR) is 318 cm³/mol. The van der Waals surface area contributed by atoms with Gasteiger partial charge in [-0.25, -0.2) is 0 Å². The van der Waals surface area contributed by atoms with Crippen LogP contribution in [0.15, 0.2) is 271 Å². The minimum atomic E-state index is -0.107. The van der Waals surface area contributed by atoms with Crippen LogP contribution in [0.3, 0.4) is 0 Å². The summed E-state index contributed by atoms with van der Waals surface area (Å²) >= 11 is 1.90. The molecule has 0 aromatic heterocycles. The predicted octanol–water partition coefficient (Wildman–Crippen LogP) is 14.4. The summed E-state index contributed by atoms with van der Waals surface area (Å²) in [5.74, 6) is 3.21. The van der Waals surface area contributed by atoms with Gasteiger partial charge in [-0.2, -0.15) is 0 Å². The Hall–Kier alpha value is -9.36. The molecule has 0 unspecified atom stereocenters. The maximum atomic E-state index is 6.60. The monoisotopic (exact) mass is 987 g/mol. The summed E-state index contributed by atoms with van der Waals surface area (Å²) in [4.78, 5) is 10.1. The highest BCUT2D eigenvalue weighted by Gasteiger charge is 2.48. The summed E-state index contributed by atoms with van der Waals surface area (Å²) in [6.45, 7) is -0.150. The summed E-state index contributed by atoms with van der Waals surface area (Å²) < 4.78 is 13.1. The molecular weight excluding hydrogens is 944 g/mol. The smallest absolute Gasteiger partial charge is 0.252 e. The number of hydrogen-bond acceptors (Lipinski definition) is 6. The minimum Gasteiger partial charge on any atom is -0.457 e. The first-order chi connectivity index (χ1) is 37.7. The summed E-state index contributed by atoms with van der Waals surface area (Å²) in [7, 11) is 0. The second-order valence-corrected chi connectivity index (χ2v) is 21.0. The van der Waals surface area contributed by atoms with Crippen molar-refractivity contribution in [2.45, 2.75) is 9.79 Å². The first-order valence-corrected chi connectivity index (χ1v) is 26.8. The Morgan fingerprint density at radius 3 is 1.36 bits per heavy atom. The summed E-state index contributed by atoms with van der Waals surface area (Å²) in [5, 5.41) is 4.60. The van der Waals surface area contributed by atoms with Crippen LogP contribution in [0, 0.1) is 0 Å². The third kappa shape index (κ3) is 6.63. The maximum absolute atomic E-state index is 6.60. The Kier molecular flexibility index (Phi) is 9.69. The van der Waals surface area contributed by atoms with Crippen molar-refractivity contribution in [1.82, 2.24) is 0 Å². The van der Waals surface area contributed by atoms with Crippen LogP contribution < -0.4 is 57.0 Å². The Bertz CT molecular complexity index is 4300. The lowest BCUT2D eigenvalue weighted by atomic mass is 9.30. The van der Waals surface area contributed by atoms with Crippen molar-refractivity contribution in [1.29, 1.82) is 0 Å². The van der Waals surface area contributed by atoms with E-state index in [1.54, 1.807) is 0 Å². The minimum absolute atomic E-state index is 0.0438. The van der Waals surface area contributed by atoms with Crippen molar-refractivity contribution < 1.29 is 9.47 Å². The molecule has 16 rings (SSSR count). The van der Waals surface area contributed by atoms with Gasteiger partial charge in [-0.05, 0) is 171 Å². The molecule has 4 aliphatic rings. The van der Waals surface area contributed by atoms with Crippen LogP contribution in [0.1, 0.15) is 0 Å². The van der Waals surface area contributed by atoms with E-state index in [1.807, 2.05) is 72.4 Å². The van der Waals surface area contributed by atoms with E-state index in [0.29, 0.717) is 0 Å². The van der Waals surface area contributed by atoms with Gasteiger partial charge < -0.3 is 24.2 Å². The first-order valence-electron chi connectivity index (χ1n) is 26.0. The molecule has 4 heterocycles. The number of anilines is 9. The van der Waals surface area contributed by atoms with E-state index >= 15 is 0 Å². The van der Waals surface area contributed by atoms with Crippen molar-refractivity contribution in [3.05, 3.63) is 261 Å². The SMILES string of the molecule is c1ccc(Oc2ccc3c4c5c(cc3c2)N(c2ccccc2)c2cc3c(cc2B5c2ccccc2S4)B2c4ccccc4N(c4ccccc4)c4c2c(cc2cc(Oc5ccccc5)ccc42)N3c2ccccc2)cc1. The molecule has 12 aromatic carbocycles. The highest BCUT2D eigenvalue weighted by Crippen LogP contribution is 2.51. The zero-order valence-corrected chi connectivity index (χ0v) is 41.9. The van der Waals surface area contributed by atoms with E-state index in [-0.39, 0.29) is 13.4 Å². The molecule has 0 spiro atoms. The summed E-state index contributed by atoms with van der Waals surface area (Å²) in [5.41, 5.74) is 18.0. The zero-order valence-electron chi connectivity index (χ0n) is 41.0. The Labute approximate surface area is 446 Å². The normalized spacial score (nSPS) is 13.3. The molecule has 0 bridgehead atoms. The largest absolute Gasteiger partial charge is 0.457 e. The van der Waals surface area contributed by atoms with Crippen LogP contribution in [0.5, 0.6) is 23.0 Å². The standard InChI is InChI=1S/C68H43B2N3O2S/c1-6-20-46(21-7-1)71-60-43-61-58(70-56-31-17-19-33-64(56)76-68-54-37-35-52(75-50-28-14-5-15-29-50)39-45(54)41-63(66(68)70)72(61)47-22-8-2-9-23-47)42-57(60)69-55-30-16-18-32-59(55)73(48-24-10-3-11-25-48)67-53-36-34-51(74-49-26-12-4-13-27-49)38-44(53)40-62(71)65(67)69/h1-43H. The van der Waals surface area contributed by atoms with Gasteiger partial charge in [-0.3, -0.25) is 0 Å². The van der Waals surface area contributed by atoms with Crippen LogP contribution in [-0.4, -0.2) is 13.4 Å². The molecule has 0 atom stereocenters. The molecular formula is C68H43B2N3O2S. The third-order valence-electron chi connectivity index (χ3n) is 15.7. The number of hydrogen-bond donors (Lipinski definition) is 0. The first kappa shape index (κ1) is 43.1. The molecule has 0 amide bonds. The van der Waals surface area contributed by atoms with Gasteiger partial charge in [0.25, 0.3) is 6.71 Å². The van der Waals surface area contributed by atoms with E-state index in [4.69, 9.17) is 9.47 Å². The highest BCUT2D eigenvalue weighted by molar-refractivity contribution is 8.00. The van der Waals surface area contributed by atoms with Gasteiger partial charge in [0.2, 0.25) is 6.71 Å². The van der Waals surface area contributed by atoms with E-state index < -0.39 is 0 Å². The zero-order chi connectivity index (χ0) is 49.8. The van der Waals surface area contributed by atoms with Gasteiger partial charge in [0.15, 0.2) is 0 Å². The average Bonchev–Trinajstić information content (AvgIpc) is 3.49. The molecule has 0 fully saturated rings. The molecule has 4 aliphatic heterocycles. The third-order valence-corrected chi connectivity index (χ3v) is 16.9. The molecule has 0 aliphatic carbocycles. The number of fused-ring (bicyclic) bond motifs is 12. The molecule has 76 heavy (non-hydrogen) atoms. The fourth-order valence-electron chi connectivity index (χ4n) is 12.6. The second-order valence-electron chi connectivity index (χ2n) is 19.9. The van der Waals surface area contributed by atoms with Gasteiger partial charge in [0.05, 0.1) is 5.69 Å². The van der Waals surface area contributed by atoms with E-state index in [2.05, 4.69) is 215 Å². The van der Waals surface area contributed by atoms with Crippen LogP contribution in [0.2, 0.25) is 0 Å². The number of rotatable bonds is 7. The number of benzene rings is 12. The van der Waals surface area contributed by atoms with Crippen LogP contribution in [0.25, 0.3) is 21.5 Å². The van der Waals surface area contributed by atoms with Gasteiger partial charge in [-0.15, -0.1) is 0 Å². The molecule has 8 heteroatoms. The van der Waals surface area contributed by atoms with E-state index in [1.165, 1.54) is 65.0 Å². The van der Waals surface area contributed by atoms with Crippen LogP contribution in [0.4, 0.5) is 51.2 Å². The highest BCUT2D eigenvalue weighted by atomic mass is 32.2. The maximum Gasteiger partial charge on any atom is 0.252 e. The van der Waals surface area contributed by atoms with E-state index in [0.717, 1.165) is 73.3 Å². The van der Waals surface area contributed by atoms with Crippen molar-refractivity contribution in [3.8, 4) is 23.0 Å². The molecule has 12 aromatic rings. The number of nitrogens with zero attached hydrogens (tertiary/aromatic N) is 3. The van der Waals surface area contributed by atoms with Crippen molar-refractivity contribution in [2.24, 2.45) is 0 Å². The Morgan fingerprint density at radius 2 is 0.763 bits per heavy atom. The Morgan fingerprint density at radius 1 is 0.303 bits per heavy atom. The number of para-hydroxylation sites is 6. The topological polar surface area (TPSA) is 28.2 Å². The fraction of sp³-hybridized carbons (Fsp3) is 0. The number of ether oxygens (including phenoxy) is 2. The molecule has 0 saturated carbocycles. The van der Waals surface area contributed by atoms with Crippen molar-refractivity contribution >= 4 is 131 Å². The summed E-state index contributed by atoms with van der Waals surface area (Å²) in [6, 6.07) is 94.3. The Balaban J connectivity index is 1.00. The quantitative estimate of drug-likeness (QED) is 0.148. The second kappa shape index (κ2) is 17.1. The molecule has 5 nitrogen and oxygen atoms in total. The van der Waals surface area contributed by atoms with Gasteiger partial charge >= 0.3 is 0 Å². The van der Waals surface area contributed by atoms with Gasteiger partial charge in [-0.1, -0.05) is 151 Å². The van der Waals surface area contributed by atoms with Crippen LogP contribution >= 0.6 is 11.8 Å². The van der Waals surface area contributed by atoms with Gasteiger partial charge in [0, 0.05) is 60.7 Å². The average molecular weight is 988 g/mol. The molecule has 0 radical (unpaired) electrons. The van der Waals surface area contributed by atoms with Crippen molar-refractivity contribution in [2.75, 3.05) is 14.7 Å². The lowest BCUT2D eigenvalue weighted by molar-refractivity contribution is 0.483. The lowest BCUT2D eigenvalue weighted by Crippen LogP contribution is -2.64. The van der Waals surface area contributed by atoms with Crippen molar-refractivity contribution in [3.63, 3.8) is 0 Å². The molecule has 354 valence electrons. The summed E-state index contributed by atoms with van der Waals surface area (Å²) in [6.07, 6.45) is 0.